The molecule has 36 heavy (non-hydrogen) atoms. The van der Waals surface area contributed by atoms with Gasteiger partial charge in [-0.2, -0.15) is 0 Å². The van der Waals surface area contributed by atoms with E-state index in [0.29, 0.717) is 0 Å². The third kappa shape index (κ3) is 2.85. The highest BCUT2D eigenvalue weighted by atomic mass is 33.5. The molecule has 198 valence electrons. The van der Waals surface area contributed by atoms with Crippen molar-refractivity contribution in [1.29, 1.82) is 0 Å². The molecule has 2 amide bonds. The number of fused-ring (bicyclic) bond motifs is 4. The van der Waals surface area contributed by atoms with Gasteiger partial charge >= 0.3 is 11.9 Å². The van der Waals surface area contributed by atoms with Crippen LogP contribution in [0.3, 0.4) is 0 Å². The molecule has 1 N–H and O–H groups in total. The summed E-state index contributed by atoms with van der Waals surface area (Å²) >= 11 is 0. The molecule has 1 aliphatic carbocycles. The number of esters is 2. The Hall–Kier alpha value is -1.48. The second-order valence-corrected chi connectivity index (χ2v) is 15.1. The number of aliphatic hydroxyl groups is 1. The van der Waals surface area contributed by atoms with Crippen molar-refractivity contribution in [1.82, 2.24) is 9.80 Å². The van der Waals surface area contributed by atoms with E-state index in [2.05, 4.69) is 0 Å². The average molecular weight is 561 g/mol. The molecule has 2 spiro atoms. The van der Waals surface area contributed by atoms with Gasteiger partial charge in [-0.05, 0) is 38.3 Å². The van der Waals surface area contributed by atoms with E-state index in [1.54, 1.807) is 20.8 Å². The molecule has 6 fully saturated rings. The number of hydrogen-bond donors (Lipinski definition) is 1. The highest BCUT2D eigenvalue weighted by Crippen LogP contribution is 2.70. The van der Waals surface area contributed by atoms with E-state index in [-0.39, 0.29) is 18.6 Å². The van der Waals surface area contributed by atoms with Crippen LogP contribution in [0, 0.1) is 5.41 Å². The fraction of sp³-hybridized carbons (Fsp3) is 0.773. The predicted octanol–water partition coefficient (Wildman–Crippen LogP) is 0.877. The summed E-state index contributed by atoms with van der Waals surface area (Å²) in [6.07, 6.45) is -2.28. The van der Waals surface area contributed by atoms with Crippen molar-refractivity contribution in [3.63, 3.8) is 0 Å². The number of nitrogens with zero attached hydrogens (tertiary/aromatic N) is 2. The van der Waals surface area contributed by atoms with Crippen LogP contribution < -0.4 is 0 Å². The summed E-state index contributed by atoms with van der Waals surface area (Å²) < 4.78 is 18.0. The average Bonchev–Trinajstić information content (AvgIpc) is 3.17. The fourth-order valence-corrected chi connectivity index (χ4v) is 12.4. The monoisotopic (exact) mass is 560 g/mol. The fourth-order valence-electron chi connectivity index (χ4n) is 6.49. The Morgan fingerprint density at radius 2 is 1.81 bits per heavy atom. The summed E-state index contributed by atoms with van der Waals surface area (Å²) in [6, 6.07) is -1.02. The molecule has 0 aromatic heterocycles. The Balaban J connectivity index is 1.75. The Labute approximate surface area is 219 Å². The number of hydrogen-bond acceptors (Lipinski definition) is 12. The standard InChI is InChI=1S/C22H28N2O9S3/c1-10-18(4,5)14(28)19(32-10)7-13-20(33-12(3)27,15(19)31-11(2)26)8-21-16(29)23(6)22(9-25,35-36-34-21)17(30)24(13)21/h10,13,15,25H,7-9H2,1-6H3. The Bertz CT molecular complexity index is 1100. The number of rotatable bonds is 3. The van der Waals surface area contributed by atoms with E-state index in [4.69, 9.17) is 14.2 Å². The molecule has 6 aliphatic rings. The molecule has 0 aromatic carbocycles. The van der Waals surface area contributed by atoms with Gasteiger partial charge < -0.3 is 29.1 Å². The lowest BCUT2D eigenvalue weighted by molar-refractivity contribution is -0.202. The minimum atomic E-state index is -1.72. The van der Waals surface area contributed by atoms with Crippen LogP contribution in [0.5, 0.6) is 0 Å². The molecule has 6 rings (SSSR count). The van der Waals surface area contributed by atoms with Gasteiger partial charge in [0.2, 0.25) is 4.87 Å². The minimum Gasteiger partial charge on any atom is -0.455 e. The van der Waals surface area contributed by atoms with Gasteiger partial charge in [-0.1, -0.05) is 13.8 Å². The second kappa shape index (κ2) is 7.78. The molecule has 5 saturated heterocycles. The molecule has 7 atom stereocenters. The summed E-state index contributed by atoms with van der Waals surface area (Å²) in [5.74, 6) is -2.74. The number of piperazine rings is 1. The molecule has 0 radical (unpaired) electrons. The van der Waals surface area contributed by atoms with Crippen LogP contribution in [-0.2, 0) is 38.2 Å². The minimum absolute atomic E-state index is 0.132. The topological polar surface area (TPSA) is 140 Å². The van der Waals surface area contributed by atoms with E-state index < -0.39 is 75.0 Å². The number of amides is 2. The number of aliphatic hydroxyl groups excluding tert-OH is 1. The Kier molecular flexibility index (Phi) is 5.65. The Morgan fingerprint density at radius 3 is 2.33 bits per heavy atom. The number of likely N-dealkylation sites (N-methyl/N-ethyl adjacent to an activating group) is 1. The zero-order chi connectivity index (χ0) is 26.6. The van der Waals surface area contributed by atoms with Crippen LogP contribution in [0.4, 0.5) is 0 Å². The number of carbonyl (C=O) groups is 5. The van der Waals surface area contributed by atoms with Crippen molar-refractivity contribution in [3.8, 4) is 0 Å². The van der Waals surface area contributed by atoms with Crippen molar-refractivity contribution in [3.05, 3.63) is 0 Å². The lowest BCUT2D eigenvalue weighted by Gasteiger charge is -2.50. The van der Waals surface area contributed by atoms with E-state index in [1.807, 2.05) is 0 Å². The number of ketones is 1. The predicted molar refractivity (Wildman–Crippen MR) is 130 cm³/mol. The lowest BCUT2D eigenvalue weighted by atomic mass is 9.76. The summed E-state index contributed by atoms with van der Waals surface area (Å²) in [6.45, 7) is 6.94. The molecule has 5 heterocycles. The van der Waals surface area contributed by atoms with Crippen LogP contribution >= 0.6 is 31.4 Å². The molecule has 2 bridgehead atoms. The molecular formula is C22H28N2O9S3. The summed E-state index contributed by atoms with van der Waals surface area (Å²) in [5.41, 5.74) is -4.36. The van der Waals surface area contributed by atoms with Gasteiger partial charge in [0, 0.05) is 33.7 Å². The zero-order valence-electron chi connectivity index (χ0n) is 20.7. The number of ether oxygens (including phenoxy) is 3. The van der Waals surface area contributed by atoms with Crippen LogP contribution in [0.25, 0.3) is 0 Å². The normalized spacial score (nSPS) is 44.6. The van der Waals surface area contributed by atoms with Crippen LogP contribution in [-0.4, -0.2) is 97.3 Å². The van der Waals surface area contributed by atoms with Gasteiger partial charge in [-0.25, -0.2) is 0 Å². The first-order valence-electron chi connectivity index (χ1n) is 11.5. The highest BCUT2D eigenvalue weighted by molar-refractivity contribution is 9.10. The number of Topliss-reactive ketones (excluding diaryl/α,β-unsaturated/α-hetero) is 1. The largest absolute Gasteiger partial charge is 0.455 e. The van der Waals surface area contributed by atoms with Gasteiger partial charge in [0.05, 0.1) is 24.2 Å². The quantitative estimate of drug-likeness (QED) is 0.387. The maximum Gasteiger partial charge on any atom is 0.303 e. The van der Waals surface area contributed by atoms with E-state index in [1.165, 1.54) is 40.5 Å². The zero-order valence-corrected chi connectivity index (χ0v) is 23.1. The van der Waals surface area contributed by atoms with E-state index in [9.17, 15) is 29.1 Å². The van der Waals surface area contributed by atoms with Crippen LogP contribution in [0.2, 0.25) is 0 Å². The first-order chi connectivity index (χ1) is 16.7. The maximum absolute atomic E-state index is 14.1. The van der Waals surface area contributed by atoms with Crippen LogP contribution in [0.1, 0.15) is 47.5 Å². The smallest absolute Gasteiger partial charge is 0.303 e. The molecule has 1 saturated carbocycles. The first-order valence-corrected chi connectivity index (χ1v) is 15.0. The lowest BCUT2D eigenvalue weighted by Crippen LogP contribution is -2.73. The van der Waals surface area contributed by atoms with Crippen molar-refractivity contribution in [2.75, 3.05) is 13.7 Å². The van der Waals surface area contributed by atoms with Crippen molar-refractivity contribution < 1.29 is 43.3 Å². The Morgan fingerprint density at radius 1 is 1.14 bits per heavy atom. The van der Waals surface area contributed by atoms with Crippen molar-refractivity contribution >= 4 is 60.9 Å². The summed E-state index contributed by atoms with van der Waals surface area (Å²) in [7, 11) is 4.87. The number of carbonyl (C=O) groups excluding carboxylic acids is 5. The summed E-state index contributed by atoms with van der Waals surface area (Å²) in [5, 5.41) is 10.3. The van der Waals surface area contributed by atoms with Gasteiger partial charge in [-0.3, -0.25) is 24.0 Å². The third-order valence-corrected chi connectivity index (χ3v) is 13.5. The summed E-state index contributed by atoms with van der Waals surface area (Å²) in [4.78, 5) is 66.3. The molecule has 0 aromatic rings. The SMILES string of the molecule is CC(=O)OC1C2(CC3N4C(=O)C5(CO)SSSC4(CC31OC(C)=O)C(=O)N5C)OC(C)C(C)(C)C2=O. The van der Waals surface area contributed by atoms with Gasteiger partial charge in [-0.15, -0.1) is 0 Å². The van der Waals surface area contributed by atoms with Crippen LogP contribution in [0.15, 0.2) is 0 Å². The molecule has 11 nitrogen and oxygen atoms in total. The van der Waals surface area contributed by atoms with Gasteiger partial charge in [0.1, 0.15) is 0 Å². The highest BCUT2D eigenvalue weighted by Gasteiger charge is 2.85. The van der Waals surface area contributed by atoms with Crippen molar-refractivity contribution in [2.45, 2.75) is 86.7 Å². The van der Waals surface area contributed by atoms with E-state index >= 15 is 0 Å². The molecule has 5 aliphatic heterocycles. The molecule has 14 heteroatoms. The first kappa shape index (κ1) is 26.1. The van der Waals surface area contributed by atoms with E-state index in [0.717, 1.165) is 21.6 Å². The third-order valence-electron chi connectivity index (χ3n) is 8.43. The van der Waals surface area contributed by atoms with Gasteiger partial charge in [0.15, 0.2) is 28.0 Å². The van der Waals surface area contributed by atoms with Gasteiger partial charge in [0.25, 0.3) is 11.8 Å². The van der Waals surface area contributed by atoms with Crippen molar-refractivity contribution in [2.24, 2.45) is 5.41 Å². The second-order valence-electron chi connectivity index (χ2n) is 10.6. The maximum atomic E-state index is 14.1. The molecular weight excluding hydrogens is 532 g/mol. The molecule has 7 unspecified atom stereocenters.